The van der Waals surface area contributed by atoms with Crippen molar-refractivity contribution in [1.29, 1.82) is 0 Å². The van der Waals surface area contributed by atoms with Crippen LogP contribution in [0.15, 0.2) is 0 Å². The summed E-state index contributed by atoms with van der Waals surface area (Å²) in [6.07, 6.45) is -44.8. The van der Waals surface area contributed by atoms with E-state index in [9.17, 15) is 86.5 Å². The minimum atomic E-state index is -2.14. The molecule has 5 fully saturated rings. The Morgan fingerprint density at radius 2 is 0.814 bits per heavy atom. The van der Waals surface area contributed by atoms with Crippen LogP contribution in [0.3, 0.4) is 0 Å². The van der Waals surface area contributed by atoms with Crippen molar-refractivity contribution in [3.63, 3.8) is 0 Å². The van der Waals surface area contributed by atoms with E-state index in [-0.39, 0.29) is 0 Å². The summed E-state index contributed by atoms with van der Waals surface area (Å²) in [6.45, 7) is -3.61. The highest BCUT2D eigenvalue weighted by Gasteiger charge is 2.57. The van der Waals surface area contributed by atoms with Gasteiger partial charge in [-0.25, -0.2) is 0 Å². The highest BCUT2D eigenvalue weighted by Crippen LogP contribution is 2.36. The van der Waals surface area contributed by atoms with E-state index in [4.69, 9.17) is 42.6 Å². The molecule has 0 aromatic rings. The lowest BCUT2D eigenvalue weighted by atomic mass is 9.94. The van der Waals surface area contributed by atoms with Crippen LogP contribution in [0.1, 0.15) is 6.92 Å². The van der Waals surface area contributed by atoms with E-state index < -0.39 is 192 Å². The summed E-state index contributed by atoms with van der Waals surface area (Å²) in [6, 6.07) is -1.72. The molecule has 0 radical (unpaired) electrons. The molecule has 5 aliphatic heterocycles. The first-order valence-corrected chi connectivity index (χ1v) is 18.6. The van der Waals surface area contributed by atoms with E-state index in [2.05, 4.69) is 5.32 Å². The third-order valence-electron chi connectivity index (χ3n) is 10.7. The van der Waals surface area contributed by atoms with Crippen LogP contribution in [-0.2, 0) is 47.4 Å². The summed E-state index contributed by atoms with van der Waals surface area (Å²) in [5, 5.41) is 170. The van der Waals surface area contributed by atoms with Gasteiger partial charge in [-0.3, -0.25) is 4.79 Å². The minimum Gasteiger partial charge on any atom is -0.394 e. The molecule has 5 heterocycles. The molecule has 0 spiro atoms. The maximum atomic E-state index is 12.4. The average molecular weight is 870 g/mol. The molecule has 0 aromatic carbocycles. The number of nitrogens with one attached hydrogen (secondary N) is 1. The summed E-state index contributed by atoms with van der Waals surface area (Å²) in [4.78, 5) is 12.4. The average Bonchev–Trinajstić information content (AvgIpc) is 3.21. The molecule has 59 heavy (non-hydrogen) atoms. The van der Waals surface area contributed by atoms with E-state index in [1.54, 1.807) is 0 Å². The predicted molar refractivity (Wildman–Crippen MR) is 178 cm³/mol. The van der Waals surface area contributed by atoms with Crippen LogP contribution in [-0.4, -0.2) is 274 Å². The molecule has 5 rings (SSSR count). The summed E-state index contributed by atoms with van der Waals surface area (Å²) < 4.78 is 50.4. The maximum absolute atomic E-state index is 12.4. The number of amides is 1. The number of carbonyl (C=O) groups excluding carboxylic acids is 1. The second kappa shape index (κ2) is 20.8. The number of rotatable bonds is 14. The Balaban J connectivity index is 1.40. The van der Waals surface area contributed by atoms with Gasteiger partial charge in [0.25, 0.3) is 0 Å². The topological polar surface area (TPSA) is 436 Å². The number of aliphatic hydroxyl groups is 16. The van der Waals surface area contributed by atoms with Crippen LogP contribution in [0.4, 0.5) is 0 Å². The Kier molecular flexibility index (Phi) is 17.1. The number of aliphatic hydroxyl groups excluding tert-OH is 16. The first kappa shape index (κ1) is 48.5. The van der Waals surface area contributed by atoms with Crippen LogP contribution in [0.2, 0.25) is 0 Å². The molecule has 27 nitrogen and oxygen atoms in total. The maximum Gasteiger partial charge on any atom is 0.217 e. The highest BCUT2D eigenvalue weighted by atomic mass is 16.8. The fourth-order valence-electron chi connectivity index (χ4n) is 7.41. The fraction of sp³-hybridized carbons (Fsp3) is 0.969. The van der Waals surface area contributed by atoms with Crippen LogP contribution in [0.5, 0.6) is 0 Å². The largest absolute Gasteiger partial charge is 0.394 e. The van der Waals surface area contributed by atoms with Crippen molar-refractivity contribution in [2.75, 3.05) is 33.0 Å². The normalized spacial score (nSPS) is 51.0. The zero-order valence-corrected chi connectivity index (χ0v) is 31.2. The van der Waals surface area contributed by atoms with E-state index in [0.717, 1.165) is 6.92 Å². The molecule has 0 aromatic heterocycles. The SMILES string of the molecule is CC(=O)N[C@H]1[C@H](O[C@@H]2[C@@H](O[C@@H]3[C@H](O)[C@H](O[C@H]4[C@H](O)[C@@H](O)C(O)O[C@@H]4CO)O[C@H](CO)[C@H]3O)O[C@H](CO)[C@@H](O)[C@@H]2O)O[C@H](CO)[C@@H](O[C@@H]2O[C@H](CO)[C@H](O)[C@H](O)[C@H]2O)[C@@H]1O. The van der Waals surface area contributed by atoms with Crippen LogP contribution in [0.25, 0.3) is 0 Å². The van der Waals surface area contributed by atoms with Gasteiger partial charge < -0.3 is 130 Å². The zero-order chi connectivity index (χ0) is 43.6. The van der Waals surface area contributed by atoms with E-state index in [1.165, 1.54) is 0 Å². The van der Waals surface area contributed by atoms with Crippen molar-refractivity contribution in [1.82, 2.24) is 5.32 Å². The van der Waals surface area contributed by atoms with Crippen molar-refractivity contribution >= 4 is 5.91 Å². The fourth-order valence-corrected chi connectivity index (χ4v) is 7.41. The van der Waals surface area contributed by atoms with Gasteiger partial charge in [-0.15, -0.1) is 0 Å². The van der Waals surface area contributed by atoms with Crippen molar-refractivity contribution < 1.29 is 129 Å². The highest BCUT2D eigenvalue weighted by molar-refractivity contribution is 5.73. The van der Waals surface area contributed by atoms with E-state index in [1.807, 2.05) is 0 Å². The van der Waals surface area contributed by atoms with E-state index in [0.29, 0.717) is 0 Å². The van der Waals surface area contributed by atoms with Gasteiger partial charge in [0.2, 0.25) is 5.91 Å². The Bertz CT molecular complexity index is 1320. The Hall–Kier alpha value is -1.53. The molecule has 1 amide bonds. The first-order valence-electron chi connectivity index (χ1n) is 18.6. The van der Waals surface area contributed by atoms with Gasteiger partial charge in [0.05, 0.1) is 33.0 Å². The quantitative estimate of drug-likeness (QED) is 0.0770. The van der Waals surface area contributed by atoms with Gasteiger partial charge in [0, 0.05) is 6.92 Å². The van der Waals surface area contributed by atoms with Gasteiger partial charge in [0.1, 0.15) is 122 Å². The third-order valence-corrected chi connectivity index (χ3v) is 10.7. The minimum absolute atomic E-state index is 0.817. The number of ether oxygens (including phenoxy) is 9. The predicted octanol–water partition coefficient (Wildman–Crippen LogP) is -11.8. The summed E-state index contributed by atoms with van der Waals surface area (Å²) >= 11 is 0. The number of carbonyl (C=O) groups is 1. The standard InChI is InChI=1S/C32H55NO26/c1-7(39)33-13-17(43)24(56-30-22(48)18(44)14(40)8(2-34)52-30)12(6-38)55-29(13)59-27-19(45)15(41)9(3-35)54-32(27)58-26-16(42)10(4-36)53-31(23(26)49)57-25-11(5-37)51-28(50)21(47)20(25)46/h8-32,34-38,40-50H,2-6H2,1H3,(H,33,39)/t8-,9-,10-,11-,12-,13-,14+,15-,16-,17-,18+,19+,20-,21-,22-,23+,24-,25-,26+,27+,28?,29+,30+,31+,32-/m1/s1. The molecule has 27 heteroatoms. The molecule has 0 bridgehead atoms. The van der Waals surface area contributed by atoms with Crippen LogP contribution in [0, 0.1) is 0 Å². The van der Waals surface area contributed by atoms with Gasteiger partial charge in [0.15, 0.2) is 31.5 Å². The van der Waals surface area contributed by atoms with Gasteiger partial charge >= 0.3 is 0 Å². The van der Waals surface area contributed by atoms with Crippen molar-refractivity contribution in [2.24, 2.45) is 0 Å². The lowest BCUT2D eigenvalue weighted by molar-refractivity contribution is -0.395. The molecule has 0 aliphatic carbocycles. The molecular formula is C32H55NO26. The number of hydrogen-bond acceptors (Lipinski definition) is 26. The summed E-state index contributed by atoms with van der Waals surface area (Å²) in [5.41, 5.74) is 0. The Morgan fingerprint density at radius 1 is 0.407 bits per heavy atom. The Morgan fingerprint density at radius 3 is 1.36 bits per heavy atom. The van der Waals surface area contributed by atoms with E-state index >= 15 is 0 Å². The lowest BCUT2D eigenvalue weighted by Crippen LogP contribution is -2.70. The zero-order valence-electron chi connectivity index (χ0n) is 31.2. The Labute approximate surface area is 333 Å². The number of hydrogen-bond donors (Lipinski definition) is 17. The van der Waals surface area contributed by atoms with Gasteiger partial charge in [-0.2, -0.15) is 0 Å². The second-order valence-corrected chi connectivity index (χ2v) is 14.7. The molecule has 25 atom stereocenters. The molecule has 17 N–H and O–H groups in total. The summed E-state index contributed by atoms with van der Waals surface area (Å²) in [7, 11) is 0. The van der Waals surface area contributed by atoms with Crippen molar-refractivity contribution in [2.45, 2.75) is 160 Å². The molecule has 5 aliphatic rings. The summed E-state index contributed by atoms with van der Waals surface area (Å²) in [5.74, 6) is -0.817. The molecular weight excluding hydrogens is 814 g/mol. The smallest absolute Gasteiger partial charge is 0.217 e. The second-order valence-electron chi connectivity index (χ2n) is 14.7. The molecule has 344 valence electrons. The lowest BCUT2D eigenvalue weighted by Gasteiger charge is -2.50. The van der Waals surface area contributed by atoms with Gasteiger partial charge in [-0.1, -0.05) is 0 Å². The molecule has 0 saturated carbocycles. The molecule has 5 saturated heterocycles. The third kappa shape index (κ3) is 10.2. The monoisotopic (exact) mass is 869 g/mol. The van der Waals surface area contributed by atoms with Crippen molar-refractivity contribution in [3.05, 3.63) is 0 Å². The van der Waals surface area contributed by atoms with Gasteiger partial charge in [-0.05, 0) is 0 Å². The molecule has 1 unspecified atom stereocenters. The first-order chi connectivity index (χ1) is 27.9. The van der Waals surface area contributed by atoms with Crippen molar-refractivity contribution in [3.8, 4) is 0 Å². The van der Waals surface area contributed by atoms with Crippen LogP contribution < -0.4 is 5.32 Å². The van der Waals surface area contributed by atoms with Crippen LogP contribution >= 0.6 is 0 Å².